The van der Waals surface area contributed by atoms with Crippen LogP contribution < -0.4 is 0 Å². The van der Waals surface area contributed by atoms with Gasteiger partial charge in [0.05, 0.1) is 12.2 Å². The van der Waals surface area contributed by atoms with Crippen molar-refractivity contribution in [3.05, 3.63) is 34.6 Å². The van der Waals surface area contributed by atoms with Crippen LogP contribution in [0.2, 0.25) is 0 Å². The molecule has 0 spiro atoms. The lowest BCUT2D eigenvalue weighted by molar-refractivity contribution is -0.158. The Morgan fingerprint density at radius 3 is 2.46 bits per heavy atom. The Kier molecular flexibility index (Phi) is 11.7. The Morgan fingerprint density at radius 2 is 1.87 bits per heavy atom. The summed E-state index contributed by atoms with van der Waals surface area (Å²) in [5, 5.41) is 21.7. The summed E-state index contributed by atoms with van der Waals surface area (Å²) in [5.74, 6) is -1.27. The molecule has 0 aliphatic carbocycles. The van der Waals surface area contributed by atoms with E-state index >= 15 is 0 Å². The summed E-state index contributed by atoms with van der Waals surface area (Å²) in [6.45, 7) is 16.9. The first-order valence-electron chi connectivity index (χ1n) is 14.5. The van der Waals surface area contributed by atoms with Crippen LogP contribution in [-0.4, -0.2) is 51.7 Å². The fraction of sp³-hybridized carbons (Fsp3) is 0.719. The van der Waals surface area contributed by atoms with Gasteiger partial charge in [0.2, 0.25) is 5.78 Å². The van der Waals surface area contributed by atoms with E-state index in [0.717, 1.165) is 11.1 Å². The van der Waals surface area contributed by atoms with Gasteiger partial charge in [0.1, 0.15) is 24.1 Å². The number of Topliss-reactive ketones (excluding diaryl/α,β-unsaturated/α-hetero) is 2. The number of carbonyl (C=O) groups is 3. The van der Waals surface area contributed by atoms with Gasteiger partial charge in [-0.05, 0) is 46.0 Å². The van der Waals surface area contributed by atoms with Gasteiger partial charge in [0.15, 0.2) is 5.60 Å². The molecule has 0 aromatic heterocycles. The number of aliphatic hydroxyl groups is 2. The van der Waals surface area contributed by atoms with Gasteiger partial charge in [-0.15, -0.1) is 0 Å². The van der Waals surface area contributed by atoms with Crippen molar-refractivity contribution in [2.24, 2.45) is 23.7 Å². The first-order chi connectivity index (χ1) is 18.1. The van der Waals surface area contributed by atoms with Gasteiger partial charge in [-0.1, -0.05) is 64.8 Å². The minimum atomic E-state index is -1.05. The Balaban J connectivity index is 2.30. The van der Waals surface area contributed by atoms with Gasteiger partial charge in [0.25, 0.3) is 0 Å². The average molecular weight is 547 g/mol. The fourth-order valence-corrected chi connectivity index (χ4v) is 6.08. The Morgan fingerprint density at radius 1 is 1.23 bits per heavy atom. The maximum atomic E-state index is 13.2. The largest absolute Gasteiger partial charge is 0.482 e. The smallest absolute Gasteiger partial charge is 0.313 e. The van der Waals surface area contributed by atoms with E-state index in [0.29, 0.717) is 43.4 Å². The van der Waals surface area contributed by atoms with E-state index in [2.05, 4.69) is 0 Å². The molecule has 0 radical (unpaired) electrons. The maximum absolute atomic E-state index is 13.2. The van der Waals surface area contributed by atoms with E-state index in [9.17, 15) is 24.6 Å². The number of fused-ring (bicyclic) bond motifs is 2. The van der Waals surface area contributed by atoms with Gasteiger partial charge in [0, 0.05) is 36.2 Å². The number of ketones is 2. The van der Waals surface area contributed by atoms with E-state index < -0.39 is 35.8 Å². The summed E-state index contributed by atoms with van der Waals surface area (Å²) < 4.78 is 12.1. The van der Waals surface area contributed by atoms with Crippen LogP contribution in [0.3, 0.4) is 0 Å². The number of allylic oxidation sites excluding steroid dienone is 1. The highest BCUT2D eigenvalue weighted by Gasteiger charge is 2.45. The first-order valence-corrected chi connectivity index (χ1v) is 14.5. The molecule has 0 amide bonds. The van der Waals surface area contributed by atoms with Gasteiger partial charge in [-0.25, -0.2) is 0 Å². The van der Waals surface area contributed by atoms with E-state index in [1.807, 2.05) is 53.7 Å². The number of ether oxygens (including phenoxy) is 2. The van der Waals surface area contributed by atoms with Crippen LogP contribution in [0.15, 0.2) is 34.6 Å². The highest BCUT2D eigenvalue weighted by atomic mass is 16.6. The molecule has 7 nitrogen and oxygen atoms in total. The summed E-state index contributed by atoms with van der Waals surface area (Å²) >= 11 is 0. The zero-order chi connectivity index (χ0) is 29.7. The van der Waals surface area contributed by atoms with Crippen LogP contribution in [0, 0.1) is 23.7 Å². The molecule has 0 saturated heterocycles. The van der Waals surface area contributed by atoms with Crippen LogP contribution in [0.25, 0.3) is 0 Å². The summed E-state index contributed by atoms with van der Waals surface area (Å²) in [6.07, 6.45) is 3.95. The summed E-state index contributed by atoms with van der Waals surface area (Å²) in [5.41, 5.74) is 1.45. The lowest BCUT2D eigenvalue weighted by atomic mass is 9.83. The number of carbonyl (C=O) groups excluding carboxylic acids is 3. The molecule has 0 unspecified atom stereocenters. The number of esters is 1. The number of hydrogen-bond acceptors (Lipinski definition) is 7. The molecule has 7 heteroatoms. The van der Waals surface area contributed by atoms with Crippen LogP contribution in [0.1, 0.15) is 101 Å². The Bertz CT molecular complexity index is 1010. The van der Waals surface area contributed by atoms with E-state index in [1.54, 1.807) is 20.8 Å². The van der Waals surface area contributed by atoms with Gasteiger partial charge < -0.3 is 19.7 Å². The van der Waals surface area contributed by atoms with E-state index in [1.165, 1.54) is 0 Å². The molecular weight excluding hydrogens is 496 g/mol. The molecule has 0 aromatic rings. The first kappa shape index (κ1) is 33.0. The monoisotopic (exact) mass is 546 g/mol. The van der Waals surface area contributed by atoms with Gasteiger partial charge in [-0.3, -0.25) is 14.4 Å². The minimum Gasteiger partial charge on any atom is -0.482 e. The number of rotatable bonds is 9. The normalized spacial score (nSPS) is 31.5. The molecule has 2 bridgehead atoms. The van der Waals surface area contributed by atoms with E-state index in [-0.39, 0.29) is 35.7 Å². The standard InChI is InChI=1S/C32H50O7/c1-10-24-27-16-28(35)38-30(21(6)15-19(4)14-20(5)29(36)22(7)25(33)11-2)23(8)26(34)13-12-18(3)17-32(9,39-27)31(24)37/h12,14,20-23,26,29-30,34,36H,10-11,13,15-17H2,1-9H3/b18-12-,19-14+/t20-,21+,22+,23-,26+,29-,30+,32+/m0/s1. The molecule has 39 heavy (non-hydrogen) atoms. The second kappa shape index (κ2) is 13.9. The zero-order valence-corrected chi connectivity index (χ0v) is 25.4. The molecule has 0 saturated carbocycles. The molecule has 2 aliphatic rings. The number of hydrogen-bond donors (Lipinski definition) is 2. The highest BCUT2D eigenvalue weighted by molar-refractivity contribution is 6.04. The molecule has 0 fully saturated rings. The third-order valence-corrected chi connectivity index (χ3v) is 8.47. The van der Waals surface area contributed by atoms with Gasteiger partial charge in [-0.2, -0.15) is 0 Å². The van der Waals surface area contributed by atoms with Crippen molar-refractivity contribution in [2.75, 3.05) is 0 Å². The SMILES string of the molecule is CCC(=O)[C@@H](C)[C@@H](O)[C@@H](C)/C=C(\C)C[C@@H](C)[C@H]1OC(=O)CC2=C(CC)C(=O)[C@@](C)(C/C(C)=C\C[C@@H](O)[C@@H]1C)O2. The second-order valence-electron chi connectivity index (χ2n) is 12.1. The van der Waals surface area contributed by atoms with Crippen molar-refractivity contribution in [3.8, 4) is 0 Å². The molecule has 0 aromatic carbocycles. The van der Waals surface area contributed by atoms with Gasteiger partial charge >= 0.3 is 5.97 Å². The molecule has 2 heterocycles. The number of cyclic esters (lactones) is 1. The predicted molar refractivity (Wildman–Crippen MR) is 152 cm³/mol. The maximum Gasteiger partial charge on any atom is 0.313 e. The summed E-state index contributed by atoms with van der Waals surface area (Å²) in [4.78, 5) is 38.4. The molecule has 2 aliphatic heterocycles. The fourth-order valence-electron chi connectivity index (χ4n) is 6.08. The van der Waals surface area contributed by atoms with Crippen molar-refractivity contribution >= 4 is 17.5 Å². The minimum absolute atomic E-state index is 0.0337. The molecular formula is C32H50O7. The van der Waals surface area contributed by atoms with E-state index in [4.69, 9.17) is 9.47 Å². The highest BCUT2D eigenvalue weighted by Crippen LogP contribution is 2.39. The third kappa shape index (κ3) is 8.14. The van der Waals surface area contributed by atoms with Crippen molar-refractivity contribution in [3.63, 3.8) is 0 Å². The van der Waals surface area contributed by atoms with Crippen molar-refractivity contribution < 1.29 is 34.1 Å². The summed E-state index contributed by atoms with van der Waals surface area (Å²) in [7, 11) is 0. The lowest BCUT2D eigenvalue weighted by Gasteiger charge is -2.32. The molecule has 8 atom stereocenters. The lowest BCUT2D eigenvalue weighted by Crippen LogP contribution is -2.38. The van der Waals surface area contributed by atoms with Crippen LogP contribution in [0.4, 0.5) is 0 Å². The van der Waals surface area contributed by atoms with Crippen molar-refractivity contribution in [1.29, 1.82) is 0 Å². The Hall–Kier alpha value is -2.25. The molecule has 220 valence electrons. The van der Waals surface area contributed by atoms with Crippen LogP contribution in [-0.2, 0) is 23.9 Å². The predicted octanol–water partition coefficient (Wildman–Crippen LogP) is 5.63. The van der Waals surface area contributed by atoms with Crippen molar-refractivity contribution in [1.82, 2.24) is 0 Å². The average Bonchev–Trinajstić information content (AvgIpc) is 3.10. The topological polar surface area (TPSA) is 110 Å². The Labute approximate surface area is 234 Å². The molecule has 2 rings (SSSR count). The van der Waals surface area contributed by atoms with Crippen LogP contribution >= 0.6 is 0 Å². The van der Waals surface area contributed by atoms with Crippen molar-refractivity contribution in [2.45, 2.75) is 125 Å². The quantitative estimate of drug-likeness (QED) is 0.285. The zero-order valence-electron chi connectivity index (χ0n) is 25.4. The third-order valence-electron chi connectivity index (χ3n) is 8.47. The number of aliphatic hydroxyl groups excluding tert-OH is 2. The van der Waals surface area contributed by atoms with Crippen LogP contribution in [0.5, 0.6) is 0 Å². The second-order valence-corrected chi connectivity index (χ2v) is 12.1. The molecule has 2 N–H and O–H groups in total. The summed E-state index contributed by atoms with van der Waals surface area (Å²) in [6, 6.07) is 0.